The van der Waals surface area contributed by atoms with Crippen LogP contribution in [-0.2, 0) is 11.2 Å². The molecule has 2 rings (SSSR count). The van der Waals surface area contributed by atoms with E-state index in [0.717, 1.165) is 17.0 Å². The highest BCUT2D eigenvalue weighted by Crippen LogP contribution is 2.18. The zero-order valence-electron chi connectivity index (χ0n) is 10.9. The van der Waals surface area contributed by atoms with Gasteiger partial charge in [0.05, 0.1) is 12.0 Å². The second-order valence-electron chi connectivity index (χ2n) is 4.80. The van der Waals surface area contributed by atoms with Gasteiger partial charge >= 0.3 is 0 Å². The summed E-state index contributed by atoms with van der Waals surface area (Å²) < 4.78 is 5.58. The summed E-state index contributed by atoms with van der Waals surface area (Å²) in [5.74, 6) is 0.701. The van der Waals surface area contributed by atoms with Crippen LogP contribution in [0.4, 0.5) is 0 Å². The zero-order valence-corrected chi connectivity index (χ0v) is 10.9. The van der Waals surface area contributed by atoms with Crippen LogP contribution in [-0.4, -0.2) is 17.7 Å². The zero-order chi connectivity index (χ0) is 13.1. The third kappa shape index (κ3) is 2.88. The molecule has 1 aromatic carbocycles. The average Bonchev–Trinajstić information content (AvgIpc) is 2.63. The molecule has 0 spiro atoms. The van der Waals surface area contributed by atoms with Crippen LogP contribution >= 0.6 is 0 Å². The van der Waals surface area contributed by atoms with Gasteiger partial charge in [0, 0.05) is 5.71 Å². The Morgan fingerprint density at radius 1 is 1.33 bits per heavy atom. The lowest BCUT2D eigenvalue weighted by molar-refractivity contribution is -0.122. The molecular formula is C14H18N2O2. The molecule has 1 heterocycles. The minimum absolute atomic E-state index is 0.0185. The van der Waals surface area contributed by atoms with Crippen molar-refractivity contribution in [3.05, 3.63) is 29.8 Å². The Balaban J connectivity index is 2.02. The number of ether oxygens (including phenoxy) is 1. The summed E-state index contributed by atoms with van der Waals surface area (Å²) in [4.78, 5) is 11.6. The van der Waals surface area contributed by atoms with Crippen LogP contribution in [0.5, 0.6) is 5.75 Å². The van der Waals surface area contributed by atoms with Gasteiger partial charge in [-0.25, -0.2) is 5.43 Å². The lowest BCUT2D eigenvalue weighted by Gasteiger charge is -2.11. The van der Waals surface area contributed by atoms with Gasteiger partial charge in [0.1, 0.15) is 5.75 Å². The first-order valence-corrected chi connectivity index (χ1v) is 6.16. The van der Waals surface area contributed by atoms with Crippen LogP contribution in [0.15, 0.2) is 29.4 Å². The molecule has 0 bridgehead atoms. The Labute approximate surface area is 107 Å². The fraction of sp³-hybridized carbons (Fsp3) is 0.429. The van der Waals surface area contributed by atoms with Crippen molar-refractivity contribution in [1.29, 1.82) is 0 Å². The van der Waals surface area contributed by atoms with Gasteiger partial charge in [-0.05, 0) is 44.9 Å². The standard InChI is InChI=1S/C14H18N2O2/c1-9(2)18-12-6-4-11(5-7-12)8-13-10(3)15-16-14(13)17/h4-7,9,13H,8H2,1-3H3,(H,16,17). The fourth-order valence-corrected chi connectivity index (χ4v) is 1.94. The number of hydrogen-bond donors (Lipinski definition) is 1. The van der Waals surface area contributed by atoms with Crippen molar-refractivity contribution in [2.24, 2.45) is 11.0 Å². The summed E-state index contributed by atoms with van der Waals surface area (Å²) in [7, 11) is 0. The van der Waals surface area contributed by atoms with E-state index >= 15 is 0 Å². The van der Waals surface area contributed by atoms with Crippen LogP contribution in [0, 0.1) is 5.92 Å². The van der Waals surface area contributed by atoms with Gasteiger partial charge in [-0.1, -0.05) is 12.1 Å². The quantitative estimate of drug-likeness (QED) is 0.884. The summed E-state index contributed by atoms with van der Waals surface area (Å²) in [5.41, 5.74) is 4.46. The van der Waals surface area contributed by atoms with Crippen molar-refractivity contribution in [1.82, 2.24) is 5.43 Å². The topological polar surface area (TPSA) is 50.7 Å². The summed E-state index contributed by atoms with van der Waals surface area (Å²) >= 11 is 0. The molecule has 0 radical (unpaired) electrons. The lowest BCUT2D eigenvalue weighted by atomic mass is 9.95. The summed E-state index contributed by atoms with van der Waals surface area (Å²) in [6, 6.07) is 7.87. The molecule has 0 saturated heterocycles. The van der Waals surface area contributed by atoms with E-state index in [-0.39, 0.29) is 17.9 Å². The minimum atomic E-state index is -0.137. The summed E-state index contributed by atoms with van der Waals surface area (Å²) in [6.45, 7) is 5.87. The smallest absolute Gasteiger partial charge is 0.249 e. The highest BCUT2D eigenvalue weighted by Gasteiger charge is 2.26. The minimum Gasteiger partial charge on any atom is -0.491 e. The predicted octanol–water partition coefficient (Wildman–Crippen LogP) is 2.14. The predicted molar refractivity (Wildman–Crippen MR) is 70.7 cm³/mol. The van der Waals surface area contributed by atoms with Gasteiger partial charge in [0.2, 0.25) is 5.91 Å². The summed E-state index contributed by atoms with van der Waals surface area (Å²) in [5, 5.41) is 3.94. The highest BCUT2D eigenvalue weighted by molar-refractivity contribution is 6.07. The third-order valence-corrected chi connectivity index (χ3v) is 2.90. The molecule has 0 saturated carbocycles. The van der Waals surface area contributed by atoms with Crippen molar-refractivity contribution < 1.29 is 9.53 Å². The maximum absolute atomic E-state index is 11.6. The number of hydrogen-bond acceptors (Lipinski definition) is 3. The van der Waals surface area contributed by atoms with Crippen molar-refractivity contribution in [2.45, 2.75) is 33.3 Å². The molecule has 1 atom stereocenters. The molecular weight excluding hydrogens is 228 g/mol. The van der Waals surface area contributed by atoms with Gasteiger partial charge in [0.25, 0.3) is 0 Å². The van der Waals surface area contributed by atoms with Crippen molar-refractivity contribution in [2.75, 3.05) is 0 Å². The van der Waals surface area contributed by atoms with Gasteiger partial charge in [0.15, 0.2) is 0 Å². The Bertz CT molecular complexity index is 463. The second-order valence-corrected chi connectivity index (χ2v) is 4.80. The molecule has 0 fully saturated rings. The van der Waals surface area contributed by atoms with E-state index in [0.29, 0.717) is 6.42 Å². The molecule has 96 valence electrons. The largest absolute Gasteiger partial charge is 0.491 e. The van der Waals surface area contributed by atoms with E-state index < -0.39 is 0 Å². The molecule has 18 heavy (non-hydrogen) atoms. The monoisotopic (exact) mass is 246 g/mol. The van der Waals surface area contributed by atoms with Gasteiger partial charge in [-0.2, -0.15) is 5.10 Å². The van der Waals surface area contributed by atoms with E-state index in [1.807, 2.05) is 45.0 Å². The van der Waals surface area contributed by atoms with Gasteiger partial charge in [-0.3, -0.25) is 4.79 Å². The molecule has 0 aromatic heterocycles. The first-order valence-electron chi connectivity index (χ1n) is 6.16. The number of benzene rings is 1. The number of carbonyl (C=O) groups excluding carboxylic acids is 1. The van der Waals surface area contributed by atoms with Crippen LogP contribution in [0.3, 0.4) is 0 Å². The van der Waals surface area contributed by atoms with Crippen molar-refractivity contribution in [3.8, 4) is 5.75 Å². The summed E-state index contributed by atoms with van der Waals surface area (Å²) in [6.07, 6.45) is 0.856. The van der Waals surface area contributed by atoms with Crippen LogP contribution < -0.4 is 10.2 Å². The fourth-order valence-electron chi connectivity index (χ4n) is 1.94. The first kappa shape index (κ1) is 12.6. The van der Waals surface area contributed by atoms with Crippen molar-refractivity contribution >= 4 is 11.6 Å². The van der Waals surface area contributed by atoms with E-state index in [2.05, 4.69) is 10.5 Å². The van der Waals surface area contributed by atoms with Gasteiger partial charge < -0.3 is 4.74 Å². The second kappa shape index (κ2) is 5.21. The van der Waals surface area contributed by atoms with Crippen molar-refractivity contribution in [3.63, 3.8) is 0 Å². The molecule has 1 aromatic rings. The number of carbonyl (C=O) groups is 1. The van der Waals surface area contributed by atoms with Crippen LogP contribution in [0.1, 0.15) is 26.3 Å². The van der Waals surface area contributed by atoms with E-state index in [1.54, 1.807) is 0 Å². The molecule has 4 nitrogen and oxygen atoms in total. The molecule has 1 unspecified atom stereocenters. The van der Waals surface area contributed by atoms with Crippen LogP contribution in [0.25, 0.3) is 0 Å². The lowest BCUT2D eigenvalue weighted by Crippen LogP contribution is -2.24. The highest BCUT2D eigenvalue weighted by atomic mass is 16.5. The number of nitrogens with zero attached hydrogens (tertiary/aromatic N) is 1. The first-order chi connectivity index (χ1) is 8.56. The van der Waals surface area contributed by atoms with Crippen LogP contribution in [0.2, 0.25) is 0 Å². The molecule has 1 aliphatic heterocycles. The average molecular weight is 246 g/mol. The third-order valence-electron chi connectivity index (χ3n) is 2.90. The van der Waals surface area contributed by atoms with E-state index in [1.165, 1.54) is 0 Å². The van der Waals surface area contributed by atoms with E-state index in [4.69, 9.17) is 4.74 Å². The molecule has 4 heteroatoms. The number of amides is 1. The Kier molecular flexibility index (Phi) is 3.65. The molecule has 1 amide bonds. The Morgan fingerprint density at radius 2 is 2.00 bits per heavy atom. The molecule has 1 aliphatic rings. The number of rotatable bonds is 4. The Hall–Kier alpha value is -1.84. The number of nitrogens with one attached hydrogen (secondary N) is 1. The van der Waals surface area contributed by atoms with E-state index in [9.17, 15) is 4.79 Å². The number of hydrazone groups is 1. The normalized spacial score (nSPS) is 18.8. The molecule has 0 aliphatic carbocycles. The maximum Gasteiger partial charge on any atom is 0.249 e. The Morgan fingerprint density at radius 3 is 2.50 bits per heavy atom. The SMILES string of the molecule is CC1=NNC(=O)C1Cc1ccc(OC(C)C)cc1. The molecule has 1 N–H and O–H groups in total. The van der Waals surface area contributed by atoms with Gasteiger partial charge in [-0.15, -0.1) is 0 Å². The maximum atomic E-state index is 11.6.